The lowest BCUT2D eigenvalue weighted by Gasteiger charge is -2.38. The molecular weight excluding hydrogens is 280 g/mol. The van der Waals surface area contributed by atoms with Gasteiger partial charge in [0.25, 0.3) is 0 Å². The number of benzene rings is 1. The van der Waals surface area contributed by atoms with Gasteiger partial charge in [0.2, 0.25) is 0 Å². The van der Waals surface area contributed by atoms with E-state index in [1.54, 1.807) is 12.1 Å². The molecule has 1 heterocycles. The fourth-order valence-electron chi connectivity index (χ4n) is 2.90. The van der Waals surface area contributed by atoms with Gasteiger partial charge in [0.1, 0.15) is 5.75 Å². The second-order valence-corrected chi connectivity index (χ2v) is 5.44. The molecule has 0 bridgehead atoms. The molecule has 4 nitrogen and oxygen atoms in total. The Bertz CT molecular complexity index is 486. The average molecular weight is 299 g/mol. The van der Waals surface area contributed by atoms with Gasteiger partial charge in [-0.1, -0.05) is 12.1 Å². The van der Waals surface area contributed by atoms with Crippen LogP contribution in [0.15, 0.2) is 24.3 Å². The quantitative estimate of drug-likeness (QED) is 0.877. The Kier molecular flexibility index (Phi) is 4.77. The first kappa shape index (κ1) is 15.7. The molecule has 1 atom stereocenters. The van der Waals surface area contributed by atoms with Crippen LogP contribution in [0.1, 0.15) is 31.7 Å². The van der Waals surface area contributed by atoms with E-state index in [1.807, 2.05) is 6.92 Å². The van der Waals surface area contributed by atoms with Crippen LogP contribution in [0.2, 0.25) is 0 Å². The highest BCUT2D eigenvalue weighted by Crippen LogP contribution is 2.35. The number of hydrogen-bond donors (Lipinski definition) is 1. The molecule has 1 aliphatic rings. The fraction of sp³-hybridized carbons (Fsp3) is 0.533. The van der Waals surface area contributed by atoms with Crippen LogP contribution in [0.4, 0.5) is 8.78 Å². The molecule has 1 N–H and O–H groups in total. The number of nitrogens with zero attached hydrogens (tertiary/aromatic N) is 1. The summed E-state index contributed by atoms with van der Waals surface area (Å²) in [6.45, 7) is 0.716. The molecule has 0 saturated carbocycles. The van der Waals surface area contributed by atoms with E-state index >= 15 is 0 Å². The average Bonchev–Trinajstić information content (AvgIpc) is 2.92. The molecule has 1 aromatic rings. The number of carboxylic acid groups (broad SMARTS) is 1. The van der Waals surface area contributed by atoms with Crippen molar-refractivity contribution in [3.05, 3.63) is 29.8 Å². The first-order valence-electron chi connectivity index (χ1n) is 6.94. The molecule has 1 unspecified atom stereocenters. The summed E-state index contributed by atoms with van der Waals surface area (Å²) in [5, 5.41) is 9.19. The Morgan fingerprint density at radius 1 is 1.33 bits per heavy atom. The molecule has 0 radical (unpaired) electrons. The number of hydrogen-bond acceptors (Lipinski definition) is 3. The molecule has 1 aliphatic heterocycles. The highest BCUT2D eigenvalue weighted by Gasteiger charge is 2.37. The predicted octanol–water partition coefficient (Wildman–Crippen LogP) is 3.07. The van der Waals surface area contributed by atoms with E-state index in [4.69, 9.17) is 0 Å². The van der Waals surface area contributed by atoms with Crippen molar-refractivity contribution >= 4 is 5.97 Å². The minimum atomic E-state index is -2.86. The minimum absolute atomic E-state index is 0.0257. The summed E-state index contributed by atoms with van der Waals surface area (Å²) in [6.07, 6.45) is 2.06. The Labute approximate surface area is 122 Å². The zero-order chi connectivity index (χ0) is 15.5. The van der Waals surface area contributed by atoms with Gasteiger partial charge in [0, 0.05) is 0 Å². The van der Waals surface area contributed by atoms with Crippen LogP contribution in [0.25, 0.3) is 0 Å². The number of halogens is 2. The maximum absolute atomic E-state index is 12.2. The molecule has 1 fully saturated rings. The Morgan fingerprint density at radius 2 is 1.90 bits per heavy atom. The Hall–Kier alpha value is -1.69. The highest BCUT2D eigenvalue weighted by molar-refractivity contribution is 5.69. The monoisotopic (exact) mass is 299 g/mol. The number of likely N-dealkylation sites (tertiary alicyclic amines) is 1. The summed E-state index contributed by atoms with van der Waals surface area (Å²) in [6, 6.07) is 6.24. The van der Waals surface area contributed by atoms with Gasteiger partial charge >= 0.3 is 12.6 Å². The molecule has 1 aromatic carbocycles. The summed E-state index contributed by atoms with van der Waals surface area (Å²) in [7, 11) is 0. The largest absolute Gasteiger partial charge is 0.481 e. The Balaban J connectivity index is 2.25. The van der Waals surface area contributed by atoms with Gasteiger partial charge in [-0.15, -0.1) is 0 Å². The first-order valence-corrected chi connectivity index (χ1v) is 6.94. The lowest BCUT2D eigenvalue weighted by molar-refractivity contribution is -0.140. The van der Waals surface area contributed by atoms with Crippen molar-refractivity contribution in [2.45, 2.75) is 38.3 Å². The van der Waals surface area contributed by atoms with Crippen molar-refractivity contribution in [3.63, 3.8) is 0 Å². The van der Waals surface area contributed by atoms with Gasteiger partial charge in [-0.25, -0.2) is 0 Å². The van der Waals surface area contributed by atoms with E-state index in [2.05, 4.69) is 9.64 Å². The van der Waals surface area contributed by atoms with Gasteiger partial charge in [0.05, 0.1) is 12.0 Å². The highest BCUT2D eigenvalue weighted by atomic mass is 19.3. The third-order valence-corrected chi connectivity index (χ3v) is 4.00. The van der Waals surface area contributed by atoms with Crippen LogP contribution in [0, 0.1) is 0 Å². The van der Waals surface area contributed by atoms with Crippen molar-refractivity contribution < 1.29 is 23.4 Å². The zero-order valence-electron chi connectivity index (χ0n) is 11.9. The van der Waals surface area contributed by atoms with Gasteiger partial charge in [0.15, 0.2) is 0 Å². The van der Waals surface area contributed by atoms with E-state index in [0.29, 0.717) is 0 Å². The number of carboxylic acids is 1. The molecule has 0 spiro atoms. The van der Waals surface area contributed by atoms with E-state index in [0.717, 1.165) is 31.5 Å². The van der Waals surface area contributed by atoms with Crippen LogP contribution in [-0.2, 0) is 10.3 Å². The summed E-state index contributed by atoms with van der Waals surface area (Å²) < 4.78 is 28.7. The summed E-state index contributed by atoms with van der Waals surface area (Å²) in [4.78, 5) is 13.3. The van der Waals surface area contributed by atoms with Crippen molar-refractivity contribution in [2.24, 2.45) is 0 Å². The molecule has 0 aliphatic carbocycles. The number of ether oxygens (including phenoxy) is 1. The van der Waals surface area contributed by atoms with Crippen LogP contribution in [-0.4, -0.2) is 35.7 Å². The smallest absolute Gasteiger partial charge is 0.387 e. The van der Waals surface area contributed by atoms with Gasteiger partial charge in [-0.2, -0.15) is 8.78 Å². The van der Waals surface area contributed by atoms with E-state index in [-0.39, 0.29) is 12.2 Å². The predicted molar refractivity (Wildman–Crippen MR) is 73.5 cm³/mol. The molecule has 6 heteroatoms. The first-order chi connectivity index (χ1) is 9.91. The molecule has 0 aromatic heterocycles. The zero-order valence-corrected chi connectivity index (χ0v) is 11.9. The van der Waals surface area contributed by atoms with Gasteiger partial charge in [-0.05, 0) is 50.6 Å². The SMILES string of the molecule is CC(CC(=O)O)(c1ccc(OC(F)F)cc1)N1CCCC1. The van der Waals surface area contributed by atoms with Gasteiger partial charge in [-0.3, -0.25) is 9.69 Å². The van der Waals surface area contributed by atoms with E-state index < -0.39 is 18.1 Å². The normalized spacial score (nSPS) is 18.7. The fourth-order valence-corrected chi connectivity index (χ4v) is 2.90. The summed E-state index contributed by atoms with van der Waals surface area (Å²) in [5.41, 5.74) is 0.166. The van der Waals surface area contributed by atoms with Crippen molar-refractivity contribution in [2.75, 3.05) is 13.1 Å². The van der Waals surface area contributed by atoms with Crippen LogP contribution in [0.5, 0.6) is 5.75 Å². The van der Waals surface area contributed by atoms with E-state index in [9.17, 15) is 18.7 Å². The standard InChI is InChI=1S/C15H19F2NO3/c1-15(10-13(19)20,18-8-2-3-9-18)11-4-6-12(7-5-11)21-14(16)17/h4-7,14H,2-3,8-10H2,1H3,(H,19,20). The van der Waals surface area contributed by atoms with Crippen LogP contribution in [0.3, 0.4) is 0 Å². The molecule has 2 rings (SSSR count). The lowest BCUT2D eigenvalue weighted by atomic mass is 9.87. The number of alkyl halides is 2. The number of aliphatic carboxylic acids is 1. The molecule has 0 amide bonds. The maximum atomic E-state index is 12.2. The van der Waals surface area contributed by atoms with Crippen LogP contribution >= 0.6 is 0 Å². The minimum Gasteiger partial charge on any atom is -0.481 e. The van der Waals surface area contributed by atoms with Crippen molar-refractivity contribution in [3.8, 4) is 5.75 Å². The van der Waals surface area contributed by atoms with Gasteiger partial charge < -0.3 is 9.84 Å². The number of carbonyl (C=O) groups is 1. The second-order valence-electron chi connectivity index (χ2n) is 5.44. The van der Waals surface area contributed by atoms with Crippen LogP contribution < -0.4 is 4.74 Å². The molecule has 116 valence electrons. The molecular formula is C15H19F2NO3. The second kappa shape index (κ2) is 6.39. The third kappa shape index (κ3) is 3.69. The van der Waals surface area contributed by atoms with E-state index in [1.165, 1.54) is 12.1 Å². The Morgan fingerprint density at radius 3 is 2.38 bits per heavy atom. The molecule has 1 saturated heterocycles. The summed E-state index contributed by atoms with van der Waals surface area (Å²) in [5.74, 6) is -0.801. The topological polar surface area (TPSA) is 49.8 Å². The lowest BCUT2D eigenvalue weighted by Crippen LogP contribution is -2.43. The van der Waals surface area contributed by atoms with Crippen molar-refractivity contribution in [1.29, 1.82) is 0 Å². The number of rotatable bonds is 6. The molecule has 21 heavy (non-hydrogen) atoms. The summed E-state index contributed by atoms with van der Waals surface area (Å²) >= 11 is 0. The third-order valence-electron chi connectivity index (χ3n) is 4.00. The maximum Gasteiger partial charge on any atom is 0.387 e. The van der Waals surface area contributed by atoms with Crippen molar-refractivity contribution in [1.82, 2.24) is 4.90 Å².